The van der Waals surface area contributed by atoms with Gasteiger partial charge in [-0.15, -0.1) is 13.2 Å². The van der Waals surface area contributed by atoms with Crippen molar-refractivity contribution >= 4 is 11.0 Å². The van der Waals surface area contributed by atoms with E-state index in [1.54, 1.807) is 12.3 Å². The number of imidazole rings is 1. The Labute approximate surface area is 188 Å². The van der Waals surface area contributed by atoms with E-state index < -0.39 is 6.36 Å². The number of ether oxygens (including phenoxy) is 4. The molecule has 1 aliphatic rings. The van der Waals surface area contributed by atoms with E-state index in [-0.39, 0.29) is 18.0 Å². The van der Waals surface area contributed by atoms with E-state index in [9.17, 15) is 13.2 Å². The smallest absolute Gasteiger partial charge is 0.494 e. The van der Waals surface area contributed by atoms with Crippen molar-refractivity contribution in [2.75, 3.05) is 33.4 Å². The van der Waals surface area contributed by atoms with Crippen LogP contribution in [-0.4, -0.2) is 71.8 Å². The zero-order valence-corrected chi connectivity index (χ0v) is 18.5. The molecule has 2 atom stereocenters. The van der Waals surface area contributed by atoms with Crippen molar-refractivity contribution in [1.82, 2.24) is 19.9 Å². The highest BCUT2D eigenvalue weighted by molar-refractivity contribution is 5.81. The second-order valence-electron chi connectivity index (χ2n) is 7.90. The zero-order valence-electron chi connectivity index (χ0n) is 18.5. The molecule has 0 amide bonds. The third kappa shape index (κ3) is 5.85. The van der Waals surface area contributed by atoms with Gasteiger partial charge in [0, 0.05) is 31.8 Å². The standard InChI is InChI=1S/C22H25F3N4O4/c1-13-11-29(12-14(2)32-13)6-7-31-16-9-19(30-3)20(26-10-16)21-27-17-5-4-15(8-18(17)28-21)33-22(23,24)25/h4-5,8-10,13-14H,6-7,11-12H2,1-3H3,(H,27,28). The largest absolute Gasteiger partial charge is 0.573 e. The second-order valence-corrected chi connectivity index (χ2v) is 7.90. The van der Waals surface area contributed by atoms with Crippen LogP contribution in [0.25, 0.3) is 22.6 Å². The molecule has 8 nitrogen and oxygen atoms in total. The Kier molecular flexibility index (Phi) is 6.61. The molecule has 1 fully saturated rings. The Bertz CT molecular complexity index is 1090. The van der Waals surface area contributed by atoms with Crippen molar-refractivity contribution < 1.29 is 32.1 Å². The number of pyridine rings is 1. The first-order valence-electron chi connectivity index (χ1n) is 10.5. The fraction of sp³-hybridized carbons (Fsp3) is 0.455. The number of benzene rings is 1. The molecule has 1 aromatic carbocycles. The number of hydrogen-bond acceptors (Lipinski definition) is 7. The number of morpholine rings is 1. The maximum atomic E-state index is 12.5. The minimum atomic E-state index is -4.77. The van der Waals surface area contributed by atoms with Gasteiger partial charge < -0.3 is 23.9 Å². The van der Waals surface area contributed by atoms with Gasteiger partial charge in [-0.2, -0.15) is 0 Å². The number of hydrogen-bond donors (Lipinski definition) is 1. The quantitative estimate of drug-likeness (QED) is 0.563. The predicted molar refractivity (Wildman–Crippen MR) is 115 cm³/mol. The molecule has 0 bridgehead atoms. The third-order valence-corrected chi connectivity index (χ3v) is 5.13. The normalized spacial score (nSPS) is 19.6. The zero-order chi connectivity index (χ0) is 23.6. The average Bonchev–Trinajstić information content (AvgIpc) is 3.15. The lowest BCUT2D eigenvalue weighted by Crippen LogP contribution is -2.46. The van der Waals surface area contributed by atoms with Gasteiger partial charge in [0.25, 0.3) is 0 Å². The van der Waals surface area contributed by atoms with Crippen LogP contribution in [0.2, 0.25) is 0 Å². The molecule has 0 aliphatic carbocycles. The fourth-order valence-electron chi connectivity index (χ4n) is 3.89. The summed E-state index contributed by atoms with van der Waals surface area (Å²) in [5.41, 5.74) is 1.26. The Hall–Kier alpha value is -3.05. The molecule has 0 radical (unpaired) electrons. The Balaban J connectivity index is 1.45. The van der Waals surface area contributed by atoms with Gasteiger partial charge in [-0.3, -0.25) is 4.90 Å². The minimum absolute atomic E-state index is 0.190. The maximum absolute atomic E-state index is 12.5. The molecule has 4 rings (SSSR count). The summed E-state index contributed by atoms with van der Waals surface area (Å²) in [6, 6.07) is 5.60. The molecule has 3 heterocycles. The third-order valence-electron chi connectivity index (χ3n) is 5.13. The monoisotopic (exact) mass is 466 g/mol. The van der Waals surface area contributed by atoms with E-state index in [2.05, 4.69) is 38.4 Å². The summed E-state index contributed by atoms with van der Waals surface area (Å²) in [5.74, 6) is 0.975. The Morgan fingerprint density at radius 2 is 1.91 bits per heavy atom. The summed E-state index contributed by atoms with van der Waals surface area (Å²) in [4.78, 5) is 14.1. The average molecular weight is 466 g/mol. The lowest BCUT2D eigenvalue weighted by molar-refractivity contribution is -0.274. The molecule has 1 aliphatic heterocycles. The van der Waals surface area contributed by atoms with Gasteiger partial charge in [-0.05, 0) is 26.0 Å². The molecule has 1 saturated heterocycles. The molecule has 0 saturated carbocycles. The van der Waals surface area contributed by atoms with Crippen LogP contribution < -0.4 is 14.2 Å². The first-order valence-corrected chi connectivity index (χ1v) is 10.5. The lowest BCUT2D eigenvalue weighted by Gasteiger charge is -2.35. The van der Waals surface area contributed by atoms with Crippen LogP contribution in [0.15, 0.2) is 30.5 Å². The Morgan fingerprint density at radius 1 is 1.15 bits per heavy atom. The number of rotatable bonds is 7. The molecule has 33 heavy (non-hydrogen) atoms. The van der Waals surface area contributed by atoms with Crippen molar-refractivity contribution in [1.29, 1.82) is 0 Å². The highest BCUT2D eigenvalue weighted by Crippen LogP contribution is 2.32. The number of fused-ring (bicyclic) bond motifs is 1. The minimum Gasteiger partial charge on any atom is -0.494 e. The molecule has 11 heteroatoms. The van der Waals surface area contributed by atoms with E-state index >= 15 is 0 Å². The number of methoxy groups -OCH3 is 1. The number of nitrogens with one attached hydrogen (secondary N) is 1. The second kappa shape index (κ2) is 9.44. The van der Waals surface area contributed by atoms with E-state index in [0.717, 1.165) is 19.6 Å². The SMILES string of the molecule is COc1cc(OCCN2CC(C)OC(C)C2)cnc1-c1nc2cc(OC(F)(F)F)ccc2[nH]1. The first-order chi connectivity index (χ1) is 15.7. The van der Waals surface area contributed by atoms with Gasteiger partial charge >= 0.3 is 6.36 Å². The van der Waals surface area contributed by atoms with Gasteiger partial charge in [0.2, 0.25) is 0 Å². The number of alkyl halides is 3. The number of nitrogens with zero attached hydrogens (tertiary/aromatic N) is 3. The van der Waals surface area contributed by atoms with Crippen molar-refractivity contribution in [3.8, 4) is 28.8 Å². The number of aromatic nitrogens is 3. The van der Waals surface area contributed by atoms with Crippen molar-refractivity contribution in [2.45, 2.75) is 32.4 Å². The first kappa shape index (κ1) is 23.1. The summed E-state index contributed by atoms with van der Waals surface area (Å²) in [6.07, 6.45) is -2.83. The summed E-state index contributed by atoms with van der Waals surface area (Å²) < 4.78 is 58.4. The van der Waals surface area contributed by atoms with Crippen LogP contribution >= 0.6 is 0 Å². The van der Waals surface area contributed by atoms with E-state index in [4.69, 9.17) is 14.2 Å². The van der Waals surface area contributed by atoms with E-state index in [1.165, 1.54) is 25.3 Å². The highest BCUT2D eigenvalue weighted by atomic mass is 19.4. The van der Waals surface area contributed by atoms with Crippen molar-refractivity contribution in [2.24, 2.45) is 0 Å². The van der Waals surface area contributed by atoms with Crippen LogP contribution in [0.5, 0.6) is 17.2 Å². The van der Waals surface area contributed by atoms with Gasteiger partial charge in [0.05, 0.1) is 36.5 Å². The lowest BCUT2D eigenvalue weighted by atomic mass is 10.2. The van der Waals surface area contributed by atoms with Crippen LogP contribution in [0.4, 0.5) is 13.2 Å². The van der Waals surface area contributed by atoms with Gasteiger partial charge in [0.1, 0.15) is 23.8 Å². The van der Waals surface area contributed by atoms with Crippen LogP contribution in [-0.2, 0) is 4.74 Å². The molecule has 2 unspecified atom stereocenters. The van der Waals surface area contributed by atoms with Gasteiger partial charge in [0.15, 0.2) is 11.6 Å². The summed E-state index contributed by atoms with van der Waals surface area (Å²) in [5, 5.41) is 0. The van der Waals surface area contributed by atoms with E-state index in [0.29, 0.717) is 40.7 Å². The molecule has 2 aromatic heterocycles. The predicted octanol–water partition coefficient (Wildman–Crippen LogP) is 4.02. The summed E-state index contributed by atoms with van der Waals surface area (Å²) in [6.45, 7) is 7.06. The van der Waals surface area contributed by atoms with Crippen LogP contribution in [0.1, 0.15) is 13.8 Å². The molecule has 3 aromatic rings. The number of aromatic amines is 1. The highest BCUT2D eigenvalue weighted by Gasteiger charge is 2.31. The van der Waals surface area contributed by atoms with Crippen molar-refractivity contribution in [3.63, 3.8) is 0 Å². The molecule has 0 spiro atoms. The number of halogens is 3. The molecule has 1 N–H and O–H groups in total. The number of H-pyrrole nitrogens is 1. The summed E-state index contributed by atoms with van der Waals surface area (Å²) >= 11 is 0. The fourth-order valence-corrected chi connectivity index (χ4v) is 3.89. The Morgan fingerprint density at radius 3 is 2.61 bits per heavy atom. The maximum Gasteiger partial charge on any atom is 0.573 e. The van der Waals surface area contributed by atoms with Gasteiger partial charge in [-0.25, -0.2) is 9.97 Å². The molecular weight excluding hydrogens is 441 g/mol. The molecule has 178 valence electrons. The van der Waals surface area contributed by atoms with Crippen LogP contribution in [0.3, 0.4) is 0 Å². The van der Waals surface area contributed by atoms with Gasteiger partial charge in [-0.1, -0.05) is 0 Å². The summed E-state index contributed by atoms with van der Waals surface area (Å²) in [7, 11) is 1.50. The topological polar surface area (TPSA) is 81.7 Å². The molecular formula is C22H25F3N4O4. The van der Waals surface area contributed by atoms with Crippen LogP contribution in [0, 0.1) is 0 Å². The van der Waals surface area contributed by atoms with Crippen molar-refractivity contribution in [3.05, 3.63) is 30.5 Å². The van der Waals surface area contributed by atoms with E-state index in [1.807, 2.05) is 0 Å².